The zero-order valence-corrected chi connectivity index (χ0v) is 22.5. The number of hydrogen-bond donors (Lipinski definition) is 0. The molecule has 1 heterocycles. The zero-order valence-electron chi connectivity index (χ0n) is 20.7. The van der Waals surface area contributed by atoms with Gasteiger partial charge in [0.2, 0.25) is 5.28 Å². The molecule has 0 saturated heterocycles. The monoisotopic (exact) mass is 524 g/mol. The maximum Gasteiger partial charge on any atom is 0.223 e. The zero-order chi connectivity index (χ0) is 25.8. The smallest absolute Gasteiger partial charge is 0.218 e. The first-order valence-corrected chi connectivity index (χ1v) is 15.0. The van der Waals surface area contributed by atoms with E-state index in [9.17, 15) is 0 Å². The average Bonchev–Trinajstić information content (AvgIpc) is 3.00. The van der Waals surface area contributed by atoms with Gasteiger partial charge in [0.1, 0.15) is 0 Å². The Balaban J connectivity index is 1.60. The predicted octanol–water partition coefficient (Wildman–Crippen LogP) is 5.84. The van der Waals surface area contributed by atoms with Crippen LogP contribution < -0.4 is 20.7 Å². The van der Waals surface area contributed by atoms with Crippen molar-refractivity contribution in [2.45, 2.75) is 0 Å². The normalized spacial score (nSPS) is 11.3. The van der Waals surface area contributed by atoms with Crippen molar-refractivity contribution in [1.82, 2.24) is 9.97 Å². The SMILES string of the molecule is Clc1nc(-c2ccccc2)cc(-c2cccc([Si](c3ccccc3)(c3ccccc3)c3ccccc3)c2)n1. The average molecular weight is 525 g/mol. The van der Waals surface area contributed by atoms with Crippen LogP contribution in [0.15, 0.2) is 152 Å². The van der Waals surface area contributed by atoms with Crippen LogP contribution in [0.5, 0.6) is 0 Å². The van der Waals surface area contributed by atoms with E-state index in [-0.39, 0.29) is 5.28 Å². The molecular weight excluding hydrogens is 500 g/mol. The van der Waals surface area contributed by atoms with Gasteiger partial charge in [-0.2, -0.15) is 0 Å². The summed E-state index contributed by atoms with van der Waals surface area (Å²) in [6.45, 7) is 0. The second-order valence-corrected chi connectivity index (χ2v) is 13.3. The topological polar surface area (TPSA) is 25.8 Å². The van der Waals surface area contributed by atoms with Crippen LogP contribution in [-0.4, -0.2) is 18.0 Å². The van der Waals surface area contributed by atoms with Crippen LogP contribution in [0, 0.1) is 0 Å². The Hall–Kier alpha value is -4.31. The van der Waals surface area contributed by atoms with E-state index in [0.717, 1.165) is 22.5 Å². The number of halogens is 1. The van der Waals surface area contributed by atoms with Crippen LogP contribution in [0.4, 0.5) is 0 Å². The van der Waals surface area contributed by atoms with E-state index in [1.54, 1.807) is 0 Å². The molecule has 0 aliphatic heterocycles. The van der Waals surface area contributed by atoms with Crippen LogP contribution in [0.25, 0.3) is 22.5 Å². The van der Waals surface area contributed by atoms with E-state index in [1.807, 2.05) is 36.4 Å². The molecule has 0 saturated carbocycles. The van der Waals surface area contributed by atoms with Gasteiger partial charge in [-0.1, -0.05) is 146 Å². The Bertz CT molecular complexity index is 1560. The molecule has 182 valence electrons. The molecular formula is C34H25ClN2Si. The quantitative estimate of drug-likeness (QED) is 0.155. The van der Waals surface area contributed by atoms with Crippen molar-refractivity contribution < 1.29 is 0 Å². The summed E-state index contributed by atoms with van der Waals surface area (Å²) in [7, 11) is -2.63. The fourth-order valence-electron chi connectivity index (χ4n) is 5.30. The summed E-state index contributed by atoms with van der Waals surface area (Å²) < 4.78 is 0. The van der Waals surface area contributed by atoms with Gasteiger partial charge in [0.05, 0.1) is 11.4 Å². The van der Waals surface area contributed by atoms with Gasteiger partial charge in [-0.25, -0.2) is 9.97 Å². The first-order valence-electron chi connectivity index (χ1n) is 12.6. The summed E-state index contributed by atoms with van der Waals surface area (Å²) in [5.74, 6) is 0. The Morgan fingerprint density at radius 3 is 1.29 bits per heavy atom. The third kappa shape index (κ3) is 4.47. The van der Waals surface area contributed by atoms with Crippen LogP contribution in [0.1, 0.15) is 0 Å². The van der Waals surface area contributed by atoms with Crippen LogP contribution >= 0.6 is 11.6 Å². The van der Waals surface area contributed by atoms with E-state index >= 15 is 0 Å². The molecule has 2 nitrogen and oxygen atoms in total. The lowest BCUT2D eigenvalue weighted by Crippen LogP contribution is -2.74. The highest BCUT2D eigenvalue weighted by Crippen LogP contribution is 2.25. The standard InChI is InChI=1S/C34H25ClN2Si/c35-34-36-32(26-14-5-1-6-15-26)25-33(37-34)27-16-13-23-31(24-27)38(28-17-7-2-8-18-28,29-19-9-3-10-20-29)30-21-11-4-12-22-30/h1-25H. The number of hydrogen-bond acceptors (Lipinski definition) is 2. The van der Waals surface area contributed by atoms with Crippen LogP contribution in [-0.2, 0) is 0 Å². The fourth-order valence-corrected chi connectivity index (χ4v) is 10.3. The van der Waals surface area contributed by atoms with Gasteiger partial charge in [0.25, 0.3) is 0 Å². The molecule has 0 spiro atoms. The molecule has 0 atom stereocenters. The summed E-state index contributed by atoms with van der Waals surface area (Å²) in [6.07, 6.45) is 0. The lowest BCUT2D eigenvalue weighted by atomic mass is 10.1. The molecule has 6 rings (SSSR count). The number of aromatic nitrogens is 2. The van der Waals surface area contributed by atoms with Crippen molar-refractivity contribution in [3.8, 4) is 22.5 Å². The maximum absolute atomic E-state index is 6.45. The van der Waals surface area contributed by atoms with Crippen LogP contribution in [0.2, 0.25) is 5.28 Å². The summed E-state index contributed by atoms with van der Waals surface area (Å²) in [4.78, 5) is 9.15. The molecule has 4 heteroatoms. The van der Waals surface area contributed by atoms with Gasteiger partial charge in [-0.3, -0.25) is 0 Å². The highest BCUT2D eigenvalue weighted by molar-refractivity contribution is 7.19. The number of nitrogens with zero attached hydrogens (tertiary/aromatic N) is 2. The van der Waals surface area contributed by atoms with Gasteiger partial charge >= 0.3 is 0 Å². The molecule has 5 aromatic carbocycles. The summed E-state index contributed by atoms with van der Waals surface area (Å²) in [5.41, 5.74) is 3.64. The van der Waals surface area contributed by atoms with Crippen molar-refractivity contribution in [3.63, 3.8) is 0 Å². The van der Waals surface area contributed by atoms with E-state index in [4.69, 9.17) is 11.6 Å². The highest BCUT2D eigenvalue weighted by atomic mass is 35.5. The lowest BCUT2D eigenvalue weighted by Gasteiger charge is -2.34. The third-order valence-corrected chi connectivity index (χ3v) is 11.9. The van der Waals surface area contributed by atoms with Gasteiger partial charge in [-0.05, 0) is 38.4 Å². The molecule has 0 radical (unpaired) electrons. The van der Waals surface area contributed by atoms with E-state index < -0.39 is 8.07 Å². The maximum atomic E-state index is 6.45. The first kappa shape index (κ1) is 24.0. The highest BCUT2D eigenvalue weighted by Gasteiger charge is 2.41. The molecule has 0 unspecified atom stereocenters. The van der Waals surface area contributed by atoms with E-state index in [1.165, 1.54) is 20.7 Å². The molecule has 6 aromatic rings. The number of benzene rings is 5. The molecule has 0 aliphatic rings. The van der Waals surface area contributed by atoms with Gasteiger partial charge in [-0.15, -0.1) is 0 Å². The molecule has 0 fully saturated rings. The molecule has 0 amide bonds. The van der Waals surface area contributed by atoms with Crippen molar-refractivity contribution in [1.29, 1.82) is 0 Å². The molecule has 1 aromatic heterocycles. The summed E-state index contributed by atoms with van der Waals surface area (Å²) in [5, 5.41) is 5.53. The molecule has 0 N–H and O–H groups in total. The fraction of sp³-hybridized carbons (Fsp3) is 0. The van der Waals surface area contributed by atoms with Gasteiger partial charge in [0.15, 0.2) is 8.07 Å². The number of rotatable bonds is 6. The van der Waals surface area contributed by atoms with Crippen LogP contribution in [0.3, 0.4) is 0 Å². The third-order valence-electron chi connectivity index (χ3n) is 6.98. The minimum absolute atomic E-state index is 0.240. The predicted molar refractivity (Wildman–Crippen MR) is 162 cm³/mol. The van der Waals surface area contributed by atoms with Crippen molar-refractivity contribution in [3.05, 3.63) is 157 Å². The Morgan fingerprint density at radius 1 is 0.395 bits per heavy atom. The van der Waals surface area contributed by atoms with Crippen molar-refractivity contribution in [2.24, 2.45) is 0 Å². The van der Waals surface area contributed by atoms with Crippen molar-refractivity contribution in [2.75, 3.05) is 0 Å². The van der Waals surface area contributed by atoms with Crippen molar-refractivity contribution >= 4 is 40.4 Å². The lowest BCUT2D eigenvalue weighted by molar-refractivity contribution is 1.18. The summed E-state index contributed by atoms with van der Waals surface area (Å²) in [6, 6.07) is 53.7. The van der Waals surface area contributed by atoms with Gasteiger partial charge in [0, 0.05) is 11.1 Å². The second kappa shape index (κ2) is 10.6. The summed E-state index contributed by atoms with van der Waals surface area (Å²) >= 11 is 6.45. The molecule has 38 heavy (non-hydrogen) atoms. The Labute approximate surface area is 229 Å². The minimum atomic E-state index is -2.63. The Morgan fingerprint density at radius 2 is 0.789 bits per heavy atom. The largest absolute Gasteiger partial charge is 0.223 e. The van der Waals surface area contributed by atoms with E-state index in [0.29, 0.717) is 0 Å². The molecule has 0 bridgehead atoms. The van der Waals surface area contributed by atoms with E-state index in [2.05, 4.69) is 125 Å². The minimum Gasteiger partial charge on any atom is -0.218 e. The molecule has 0 aliphatic carbocycles. The second-order valence-electron chi connectivity index (χ2n) is 9.20. The Kier molecular flexibility index (Phi) is 6.70. The first-order chi connectivity index (χ1) is 18.7. The van der Waals surface area contributed by atoms with Gasteiger partial charge < -0.3 is 0 Å².